The predicted octanol–water partition coefficient (Wildman–Crippen LogP) is 4.56. The van der Waals surface area contributed by atoms with Crippen LogP contribution in [0.25, 0.3) is 0 Å². The number of unbranched alkanes of at least 4 members (excludes halogenated alkanes) is 1. The molecule has 8 heteroatoms. The molecule has 24 heavy (non-hydrogen) atoms. The minimum absolute atomic E-state index is 0.129. The first-order valence-corrected chi connectivity index (χ1v) is 8.42. The van der Waals surface area contributed by atoms with Gasteiger partial charge in [-0.15, -0.1) is 0 Å². The summed E-state index contributed by atoms with van der Waals surface area (Å²) in [6.45, 7) is 2.54. The second-order valence-electron chi connectivity index (χ2n) is 4.73. The Hall–Kier alpha value is -1.14. The fraction of sp³-hybridized carbons (Fsp3) is 0.438. The summed E-state index contributed by atoms with van der Waals surface area (Å²) in [5, 5.41) is 13.2. The maximum atomic E-state index is 8.73. The number of nitrogens with zero attached hydrogens (tertiary/aromatic N) is 1. The van der Waals surface area contributed by atoms with E-state index in [2.05, 4.69) is 5.16 Å². The van der Waals surface area contributed by atoms with E-state index in [1.165, 1.54) is 13.2 Å². The van der Waals surface area contributed by atoms with Gasteiger partial charge in [0.1, 0.15) is 29.2 Å². The quantitative estimate of drug-likeness (QED) is 0.358. The lowest BCUT2D eigenvalue weighted by Crippen LogP contribution is -2.03. The Morgan fingerprint density at radius 3 is 2.67 bits per heavy atom. The Morgan fingerprint density at radius 2 is 2.04 bits per heavy atom. The monoisotopic (exact) mass is 395 g/mol. The minimum atomic E-state index is 0.129. The Kier molecular flexibility index (Phi) is 9.95. The SMILES string of the molecule is COc1c(Cl)cc(OCC=C(Cl)Cl)cc1C(C)=NOCCCCO. The molecule has 0 amide bonds. The molecule has 0 fully saturated rings. The topological polar surface area (TPSA) is 60.3 Å². The predicted molar refractivity (Wildman–Crippen MR) is 97.8 cm³/mol. The summed E-state index contributed by atoms with van der Waals surface area (Å²) in [6, 6.07) is 3.38. The van der Waals surface area contributed by atoms with Crippen LogP contribution in [0.3, 0.4) is 0 Å². The Morgan fingerprint density at radius 1 is 1.29 bits per heavy atom. The molecule has 1 aromatic carbocycles. The fourth-order valence-corrected chi connectivity index (χ4v) is 2.21. The molecule has 0 heterocycles. The van der Waals surface area contributed by atoms with Gasteiger partial charge in [0, 0.05) is 18.2 Å². The maximum absolute atomic E-state index is 8.73. The van der Waals surface area contributed by atoms with Crippen molar-refractivity contribution in [3.63, 3.8) is 0 Å². The first-order chi connectivity index (χ1) is 11.5. The summed E-state index contributed by atoms with van der Waals surface area (Å²) in [7, 11) is 1.52. The van der Waals surface area contributed by atoms with Gasteiger partial charge in [0.25, 0.3) is 0 Å². The van der Waals surface area contributed by atoms with Crippen LogP contribution in [-0.2, 0) is 4.84 Å². The first-order valence-electron chi connectivity index (χ1n) is 7.28. The van der Waals surface area contributed by atoms with Gasteiger partial charge in [-0.2, -0.15) is 0 Å². The number of halogens is 3. The normalized spacial score (nSPS) is 11.2. The number of aliphatic hydroxyl groups excluding tert-OH is 1. The molecule has 0 radical (unpaired) electrons. The molecule has 0 atom stereocenters. The van der Waals surface area contributed by atoms with Crippen molar-refractivity contribution < 1.29 is 19.4 Å². The van der Waals surface area contributed by atoms with Crippen LogP contribution in [0.5, 0.6) is 11.5 Å². The van der Waals surface area contributed by atoms with Gasteiger partial charge in [-0.05, 0) is 31.9 Å². The number of benzene rings is 1. The van der Waals surface area contributed by atoms with Crippen molar-refractivity contribution in [2.45, 2.75) is 19.8 Å². The molecule has 0 saturated heterocycles. The molecule has 1 N–H and O–H groups in total. The molecular formula is C16H20Cl3NO4. The van der Waals surface area contributed by atoms with Crippen molar-refractivity contribution in [2.24, 2.45) is 5.16 Å². The van der Waals surface area contributed by atoms with Gasteiger partial charge in [-0.25, -0.2) is 0 Å². The highest BCUT2D eigenvalue weighted by atomic mass is 35.5. The van der Waals surface area contributed by atoms with E-state index in [0.717, 1.165) is 6.42 Å². The lowest BCUT2D eigenvalue weighted by Gasteiger charge is -2.13. The van der Waals surface area contributed by atoms with Crippen molar-refractivity contribution in [1.29, 1.82) is 0 Å². The number of hydrogen-bond donors (Lipinski definition) is 1. The van der Waals surface area contributed by atoms with Gasteiger partial charge in [-0.3, -0.25) is 0 Å². The third-order valence-electron chi connectivity index (χ3n) is 2.94. The molecule has 0 aliphatic heterocycles. The molecule has 1 rings (SSSR count). The van der Waals surface area contributed by atoms with E-state index in [-0.39, 0.29) is 17.7 Å². The molecule has 0 bridgehead atoms. The molecule has 0 aromatic heterocycles. The smallest absolute Gasteiger partial charge is 0.146 e. The molecule has 1 aromatic rings. The Labute approximate surface area is 156 Å². The van der Waals surface area contributed by atoms with E-state index < -0.39 is 0 Å². The zero-order chi connectivity index (χ0) is 17.9. The van der Waals surface area contributed by atoms with Crippen LogP contribution in [0.2, 0.25) is 5.02 Å². The molecule has 5 nitrogen and oxygen atoms in total. The number of ether oxygens (including phenoxy) is 2. The van der Waals surface area contributed by atoms with Gasteiger partial charge < -0.3 is 19.4 Å². The zero-order valence-electron chi connectivity index (χ0n) is 13.5. The number of oxime groups is 1. The van der Waals surface area contributed by atoms with Crippen molar-refractivity contribution in [2.75, 3.05) is 26.9 Å². The molecular weight excluding hydrogens is 377 g/mol. The number of methoxy groups -OCH3 is 1. The standard InChI is InChI=1S/C16H20Cl3NO4/c1-11(20-24-7-4-3-6-21)13-9-12(23-8-5-15(18)19)10-14(17)16(13)22-2/h5,9-10,21H,3-4,6-8H2,1-2H3. The van der Waals surface area contributed by atoms with Crippen LogP contribution in [-0.4, -0.2) is 37.7 Å². The zero-order valence-corrected chi connectivity index (χ0v) is 15.8. The van der Waals surface area contributed by atoms with E-state index in [1.807, 2.05) is 0 Å². The van der Waals surface area contributed by atoms with Crippen molar-refractivity contribution in [3.8, 4) is 11.5 Å². The summed E-state index contributed by atoms with van der Waals surface area (Å²) in [5.41, 5.74) is 1.25. The molecule has 0 aliphatic rings. The van der Waals surface area contributed by atoms with Crippen LogP contribution in [0.4, 0.5) is 0 Å². The Balaban J connectivity index is 2.91. The van der Waals surface area contributed by atoms with Crippen LogP contribution in [0.1, 0.15) is 25.3 Å². The third-order valence-corrected chi connectivity index (χ3v) is 3.53. The summed E-state index contributed by atoms with van der Waals surface area (Å²) >= 11 is 17.3. The number of hydrogen-bond acceptors (Lipinski definition) is 5. The molecule has 0 spiro atoms. The third kappa shape index (κ3) is 7.18. The fourth-order valence-electron chi connectivity index (χ4n) is 1.80. The first kappa shape index (κ1) is 20.9. The van der Waals surface area contributed by atoms with Gasteiger partial charge in [-0.1, -0.05) is 40.0 Å². The highest BCUT2D eigenvalue weighted by molar-refractivity contribution is 6.55. The molecule has 0 saturated carbocycles. The lowest BCUT2D eigenvalue weighted by atomic mass is 10.1. The summed E-state index contributed by atoms with van der Waals surface area (Å²) in [6.07, 6.45) is 2.91. The van der Waals surface area contributed by atoms with Crippen molar-refractivity contribution in [3.05, 3.63) is 33.3 Å². The van der Waals surface area contributed by atoms with Gasteiger partial charge in [0.05, 0.1) is 17.8 Å². The second-order valence-corrected chi connectivity index (χ2v) is 6.15. The maximum Gasteiger partial charge on any atom is 0.146 e. The van der Waals surface area contributed by atoms with Gasteiger partial charge >= 0.3 is 0 Å². The minimum Gasteiger partial charge on any atom is -0.494 e. The molecule has 134 valence electrons. The van der Waals surface area contributed by atoms with E-state index >= 15 is 0 Å². The Bertz CT molecular complexity index is 587. The summed E-state index contributed by atoms with van der Waals surface area (Å²) in [4.78, 5) is 5.24. The van der Waals surface area contributed by atoms with Gasteiger partial charge in [0.2, 0.25) is 0 Å². The van der Waals surface area contributed by atoms with Crippen LogP contribution < -0.4 is 9.47 Å². The summed E-state index contributed by atoms with van der Waals surface area (Å²) in [5.74, 6) is 1.01. The summed E-state index contributed by atoms with van der Waals surface area (Å²) < 4.78 is 11.0. The average Bonchev–Trinajstić information content (AvgIpc) is 2.53. The van der Waals surface area contributed by atoms with Crippen molar-refractivity contribution in [1.82, 2.24) is 0 Å². The van der Waals surface area contributed by atoms with E-state index in [1.54, 1.807) is 19.1 Å². The number of aliphatic hydroxyl groups is 1. The highest BCUT2D eigenvalue weighted by Gasteiger charge is 2.14. The van der Waals surface area contributed by atoms with Crippen LogP contribution in [0.15, 0.2) is 27.9 Å². The van der Waals surface area contributed by atoms with Crippen molar-refractivity contribution >= 4 is 40.5 Å². The average molecular weight is 397 g/mol. The molecule has 0 aliphatic carbocycles. The highest BCUT2D eigenvalue weighted by Crippen LogP contribution is 2.34. The van der Waals surface area contributed by atoms with E-state index in [4.69, 9.17) is 54.2 Å². The number of rotatable bonds is 10. The van der Waals surface area contributed by atoms with Gasteiger partial charge in [0.15, 0.2) is 0 Å². The lowest BCUT2D eigenvalue weighted by molar-refractivity contribution is 0.134. The largest absolute Gasteiger partial charge is 0.494 e. The van der Waals surface area contributed by atoms with E-state index in [0.29, 0.717) is 40.8 Å². The van der Waals surface area contributed by atoms with Crippen LogP contribution >= 0.6 is 34.8 Å². The second kappa shape index (κ2) is 11.4. The van der Waals surface area contributed by atoms with Crippen LogP contribution in [0, 0.1) is 0 Å². The molecule has 0 unspecified atom stereocenters. The van der Waals surface area contributed by atoms with E-state index in [9.17, 15) is 0 Å².